The first-order valence-electron chi connectivity index (χ1n) is 5.10. The summed E-state index contributed by atoms with van der Waals surface area (Å²) in [6.45, 7) is 0. The fourth-order valence-corrected chi connectivity index (χ4v) is 1.82. The van der Waals surface area contributed by atoms with E-state index in [0.29, 0.717) is 16.5 Å². The van der Waals surface area contributed by atoms with Gasteiger partial charge in [0.2, 0.25) is 0 Å². The van der Waals surface area contributed by atoms with Crippen molar-refractivity contribution in [1.82, 2.24) is 15.2 Å². The Bertz CT molecular complexity index is 673. The predicted molar refractivity (Wildman–Crippen MR) is 68.7 cm³/mol. The monoisotopic (exact) mass is 244 g/mol. The van der Waals surface area contributed by atoms with Crippen LogP contribution >= 0.6 is 11.6 Å². The molecule has 0 aliphatic carbocycles. The zero-order chi connectivity index (χ0) is 11.8. The molecule has 0 saturated carbocycles. The number of aromatic nitrogens is 3. The molecule has 0 fully saturated rings. The maximum absolute atomic E-state index is 5.84. The molecule has 3 N–H and O–H groups in total. The standard InChI is InChI=1S/C12H9ClN4/c13-8-3-1-7(2-4-8)10-6-5-9-11(14)16-17-12(9)15-10/h1-6H,(H3,14,15,16,17). The number of aromatic amines is 1. The zero-order valence-corrected chi connectivity index (χ0v) is 9.57. The lowest BCUT2D eigenvalue weighted by molar-refractivity contribution is 1.11. The van der Waals surface area contributed by atoms with E-state index in [9.17, 15) is 0 Å². The van der Waals surface area contributed by atoms with Gasteiger partial charge in [0.15, 0.2) is 5.65 Å². The van der Waals surface area contributed by atoms with Crippen LogP contribution in [-0.2, 0) is 0 Å². The van der Waals surface area contributed by atoms with Crippen molar-refractivity contribution in [1.29, 1.82) is 0 Å². The number of hydrogen-bond acceptors (Lipinski definition) is 3. The first-order valence-corrected chi connectivity index (χ1v) is 5.48. The van der Waals surface area contributed by atoms with Crippen LogP contribution in [-0.4, -0.2) is 15.2 Å². The second-order valence-corrected chi connectivity index (χ2v) is 4.15. The minimum absolute atomic E-state index is 0.537. The van der Waals surface area contributed by atoms with Gasteiger partial charge in [0.25, 0.3) is 0 Å². The van der Waals surface area contributed by atoms with Crippen LogP contribution in [0.1, 0.15) is 0 Å². The first kappa shape index (κ1) is 10.1. The van der Waals surface area contributed by atoms with E-state index < -0.39 is 0 Å². The van der Waals surface area contributed by atoms with E-state index in [2.05, 4.69) is 15.2 Å². The van der Waals surface area contributed by atoms with E-state index in [-0.39, 0.29) is 0 Å². The van der Waals surface area contributed by atoms with Crippen molar-refractivity contribution in [2.24, 2.45) is 0 Å². The summed E-state index contributed by atoms with van der Waals surface area (Å²) in [4.78, 5) is 4.43. The number of nitrogen functional groups attached to an aromatic ring is 1. The van der Waals surface area contributed by atoms with Gasteiger partial charge in [-0.1, -0.05) is 23.7 Å². The SMILES string of the molecule is Nc1[nH]nc2nc(-c3ccc(Cl)cc3)ccc12. The van der Waals surface area contributed by atoms with Crippen molar-refractivity contribution in [3.8, 4) is 11.3 Å². The molecule has 0 spiro atoms. The molecule has 3 rings (SSSR count). The highest BCUT2D eigenvalue weighted by molar-refractivity contribution is 6.30. The number of nitrogens with one attached hydrogen (secondary N) is 1. The Hall–Kier alpha value is -2.07. The third kappa shape index (κ3) is 1.72. The maximum atomic E-state index is 5.84. The molecule has 3 aromatic rings. The number of nitrogens with two attached hydrogens (primary N) is 1. The fraction of sp³-hybridized carbons (Fsp3) is 0. The molecule has 0 atom stereocenters. The Morgan fingerprint density at radius 3 is 2.59 bits per heavy atom. The summed E-state index contributed by atoms with van der Waals surface area (Å²) in [6.07, 6.45) is 0. The lowest BCUT2D eigenvalue weighted by Gasteiger charge is -2.00. The lowest BCUT2D eigenvalue weighted by Crippen LogP contribution is -1.85. The molecule has 1 aromatic carbocycles. The summed E-state index contributed by atoms with van der Waals surface area (Å²) in [5, 5.41) is 8.29. The highest BCUT2D eigenvalue weighted by atomic mass is 35.5. The fourth-order valence-electron chi connectivity index (χ4n) is 1.70. The number of anilines is 1. The van der Waals surface area contributed by atoms with Gasteiger partial charge in [-0.2, -0.15) is 5.10 Å². The Morgan fingerprint density at radius 2 is 1.82 bits per heavy atom. The topological polar surface area (TPSA) is 67.6 Å². The van der Waals surface area contributed by atoms with Crippen LogP contribution in [0.2, 0.25) is 5.02 Å². The Balaban J connectivity index is 2.14. The van der Waals surface area contributed by atoms with Gasteiger partial charge in [0, 0.05) is 10.6 Å². The van der Waals surface area contributed by atoms with Gasteiger partial charge in [-0.15, -0.1) is 0 Å². The smallest absolute Gasteiger partial charge is 0.183 e. The molecule has 84 valence electrons. The van der Waals surface area contributed by atoms with Crippen LogP contribution in [0.4, 0.5) is 5.82 Å². The van der Waals surface area contributed by atoms with Crippen molar-refractivity contribution in [2.75, 3.05) is 5.73 Å². The molecule has 17 heavy (non-hydrogen) atoms. The van der Waals surface area contributed by atoms with Crippen LogP contribution in [0.5, 0.6) is 0 Å². The maximum Gasteiger partial charge on any atom is 0.183 e. The van der Waals surface area contributed by atoms with E-state index >= 15 is 0 Å². The van der Waals surface area contributed by atoms with Crippen molar-refractivity contribution in [2.45, 2.75) is 0 Å². The van der Waals surface area contributed by atoms with Crippen LogP contribution in [0, 0.1) is 0 Å². The molecule has 0 aliphatic rings. The largest absolute Gasteiger partial charge is 0.384 e. The van der Waals surface area contributed by atoms with Crippen molar-refractivity contribution in [3.63, 3.8) is 0 Å². The Labute approximate surface area is 102 Å². The minimum Gasteiger partial charge on any atom is -0.384 e. The second-order valence-electron chi connectivity index (χ2n) is 3.71. The molecular weight excluding hydrogens is 236 g/mol. The number of nitrogens with zero attached hydrogens (tertiary/aromatic N) is 2. The summed E-state index contributed by atoms with van der Waals surface area (Å²) in [5.41, 5.74) is 8.18. The quantitative estimate of drug-likeness (QED) is 0.692. The molecule has 0 radical (unpaired) electrons. The lowest BCUT2D eigenvalue weighted by atomic mass is 10.1. The molecule has 0 saturated heterocycles. The van der Waals surface area contributed by atoms with Gasteiger partial charge in [0.1, 0.15) is 5.82 Å². The van der Waals surface area contributed by atoms with Crippen molar-refractivity contribution < 1.29 is 0 Å². The van der Waals surface area contributed by atoms with Gasteiger partial charge in [-0.05, 0) is 24.3 Å². The molecule has 0 aliphatic heterocycles. The van der Waals surface area contributed by atoms with E-state index in [0.717, 1.165) is 16.6 Å². The Kier molecular flexibility index (Phi) is 2.23. The number of pyridine rings is 1. The highest BCUT2D eigenvalue weighted by Crippen LogP contribution is 2.23. The molecular formula is C12H9ClN4. The number of halogens is 1. The number of H-pyrrole nitrogens is 1. The van der Waals surface area contributed by atoms with Crippen LogP contribution in [0.15, 0.2) is 36.4 Å². The highest BCUT2D eigenvalue weighted by Gasteiger charge is 2.05. The van der Waals surface area contributed by atoms with Gasteiger partial charge in [-0.25, -0.2) is 4.98 Å². The van der Waals surface area contributed by atoms with Crippen molar-refractivity contribution >= 4 is 28.5 Å². The number of hydrogen-bond donors (Lipinski definition) is 2. The van der Waals surface area contributed by atoms with Gasteiger partial charge in [0.05, 0.1) is 11.1 Å². The van der Waals surface area contributed by atoms with E-state index in [1.54, 1.807) is 0 Å². The molecule has 4 nitrogen and oxygen atoms in total. The average molecular weight is 245 g/mol. The molecule has 2 heterocycles. The zero-order valence-electron chi connectivity index (χ0n) is 8.81. The molecule has 0 unspecified atom stereocenters. The van der Waals surface area contributed by atoms with Gasteiger partial charge in [-0.3, -0.25) is 5.10 Å². The van der Waals surface area contributed by atoms with Crippen molar-refractivity contribution in [3.05, 3.63) is 41.4 Å². The summed E-state index contributed by atoms with van der Waals surface area (Å²) in [7, 11) is 0. The number of fused-ring (bicyclic) bond motifs is 1. The van der Waals surface area contributed by atoms with Crippen LogP contribution in [0.3, 0.4) is 0 Å². The second kappa shape index (κ2) is 3.75. The van der Waals surface area contributed by atoms with E-state index in [4.69, 9.17) is 17.3 Å². The van der Waals surface area contributed by atoms with Crippen LogP contribution < -0.4 is 5.73 Å². The van der Waals surface area contributed by atoms with Gasteiger partial charge < -0.3 is 5.73 Å². The molecule has 0 amide bonds. The number of benzene rings is 1. The molecule has 0 bridgehead atoms. The van der Waals surface area contributed by atoms with E-state index in [1.807, 2.05) is 36.4 Å². The van der Waals surface area contributed by atoms with Gasteiger partial charge >= 0.3 is 0 Å². The third-order valence-electron chi connectivity index (χ3n) is 2.59. The summed E-state index contributed by atoms with van der Waals surface area (Å²) in [5.74, 6) is 0.537. The molecule has 5 heteroatoms. The first-order chi connectivity index (χ1) is 8.24. The summed E-state index contributed by atoms with van der Waals surface area (Å²) < 4.78 is 0. The summed E-state index contributed by atoms with van der Waals surface area (Å²) >= 11 is 5.84. The third-order valence-corrected chi connectivity index (χ3v) is 2.84. The Morgan fingerprint density at radius 1 is 1.06 bits per heavy atom. The minimum atomic E-state index is 0.537. The average Bonchev–Trinajstić information content (AvgIpc) is 2.72. The normalized spacial score (nSPS) is 10.9. The number of rotatable bonds is 1. The summed E-state index contributed by atoms with van der Waals surface area (Å²) in [6, 6.07) is 11.3. The predicted octanol–water partition coefficient (Wildman–Crippen LogP) is 2.86. The molecule has 2 aromatic heterocycles. The van der Waals surface area contributed by atoms with E-state index in [1.165, 1.54) is 0 Å². The van der Waals surface area contributed by atoms with Crippen LogP contribution in [0.25, 0.3) is 22.3 Å².